The summed E-state index contributed by atoms with van der Waals surface area (Å²) < 4.78 is 18.0. The highest BCUT2D eigenvalue weighted by Crippen LogP contribution is 2.24. The number of nitrogens with zero attached hydrogens (tertiary/aromatic N) is 2. The average molecular weight is 266 g/mol. The van der Waals surface area contributed by atoms with E-state index in [1.165, 1.54) is 12.1 Å². The Hall–Kier alpha value is -1.62. The van der Waals surface area contributed by atoms with Crippen LogP contribution in [0.4, 0.5) is 9.18 Å². The van der Waals surface area contributed by atoms with E-state index >= 15 is 0 Å². The molecule has 1 aromatic rings. The van der Waals surface area contributed by atoms with Crippen LogP contribution in [0.5, 0.6) is 0 Å². The van der Waals surface area contributed by atoms with E-state index in [1.54, 1.807) is 24.0 Å². The van der Waals surface area contributed by atoms with Crippen LogP contribution in [0.15, 0.2) is 24.3 Å². The fraction of sp³-hybridized carbons (Fsp3) is 0.500. The van der Waals surface area contributed by atoms with Crippen LogP contribution in [-0.4, -0.2) is 49.2 Å². The molecule has 1 atom stereocenters. The van der Waals surface area contributed by atoms with Crippen molar-refractivity contribution in [1.82, 2.24) is 9.80 Å². The molecule has 5 heteroatoms. The van der Waals surface area contributed by atoms with Gasteiger partial charge in [-0.3, -0.25) is 4.90 Å². The monoisotopic (exact) mass is 266 g/mol. The van der Waals surface area contributed by atoms with E-state index in [2.05, 4.69) is 4.90 Å². The van der Waals surface area contributed by atoms with Crippen molar-refractivity contribution in [2.75, 3.05) is 33.3 Å². The number of carbonyl (C=O) groups is 1. The van der Waals surface area contributed by atoms with Gasteiger partial charge in [0, 0.05) is 19.6 Å². The summed E-state index contributed by atoms with van der Waals surface area (Å²) in [6.45, 7) is 4.19. The SMILES string of the molecule is CCOC(=O)N1CCN(C)C(c2ccc(F)cc2)C1. The van der Waals surface area contributed by atoms with Crippen molar-refractivity contribution in [3.05, 3.63) is 35.6 Å². The van der Waals surface area contributed by atoms with E-state index in [0.29, 0.717) is 19.7 Å². The summed E-state index contributed by atoms with van der Waals surface area (Å²) in [6, 6.07) is 6.52. The van der Waals surface area contributed by atoms with E-state index < -0.39 is 0 Å². The van der Waals surface area contributed by atoms with Crippen molar-refractivity contribution in [1.29, 1.82) is 0 Å². The number of rotatable bonds is 2. The second-order valence-electron chi connectivity index (χ2n) is 4.69. The lowest BCUT2D eigenvalue weighted by Gasteiger charge is -2.39. The number of halogens is 1. The second-order valence-corrected chi connectivity index (χ2v) is 4.69. The minimum absolute atomic E-state index is 0.0822. The standard InChI is InChI=1S/C14H19FN2O2/c1-3-19-14(18)17-9-8-16(2)13(10-17)11-4-6-12(15)7-5-11/h4-7,13H,3,8-10H2,1-2H3. The minimum Gasteiger partial charge on any atom is -0.450 e. The lowest BCUT2D eigenvalue weighted by Crippen LogP contribution is -2.49. The Balaban J connectivity index is 2.10. The van der Waals surface area contributed by atoms with Gasteiger partial charge in [-0.05, 0) is 31.7 Å². The number of likely N-dealkylation sites (N-methyl/N-ethyl adjacent to an activating group) is 1. The summed E-state index contributed by atoms with van der Waals surface area (Å²) in [5, 5.41) is 0. The molecule has 0 N–H and O–H groups in total. The number of hydrogen-bond donors (Lipinski definition) is 0. The van der Waals surface area contributed by atoms with Crippen LogP contribution in [0.1, 0.15) is 18.5 Å². The highest BCUT2D eigenvalue weighted by atomic mass is 19.1. The minimum atomic E-state index is -0.275. The van der Waals surface area contributed by atoms with Gasteiger partial charge >= 0.3 is 6.09 Å². The molecule has 19 heavy (non-hydrogen) atoms. The topological polar surface area (TPSA) is 32.8 Å². The van der Waals surface area contributed by atoms with E-state index in [0.717, 1.165) is 12.1 Å². The normalized spacial score (nSPS) is 20.4. The zero-order valence-corrected chi connectivity index (χ0v) is 11.3. The molecule has 0 radical (unpaired) electrons. The van der Waals surface area contributed by atoms with Gasteiger partial charge in [0.25, 0.3) is 0 Å². The summed E-state index contributed by atoms with van der Waals surface area (Å²) in [4.78, 5) is 15.6. The molecule has 0 bridgehead atoms. The van der Waals surface area contributed by atoms with Crippen LogP contribution < -0.4 is 0 Å². The van der Waals surface area contributed by atoms with Gasteiger partial charge in [-0.2, -0.15) is 0 Å². The lowest BCUT2D eigenvalue weighted by molar-refractivity contribution is 0.0629. The second kappa shape index (κ2) is 6.02. The van der Waals surface area contributed by atoms with E-state index in [4.69, 9.17) is 4.74 Å². The zero-order chi connectivity index (χ0) is 13.8. The molecule has 1 aliphatic heterocycles. The number of hydrogen-bond acceptors (Lipinski definition) is 3. The van der Waals surface area contributed by atoms with Crippen molar-refractivity contribution in [2.24, 2.45) is 0 Å². The molecule has 1 saturated heterocycles. The third-order valence-corrected chi connectivity index (χ3v) is 3.43. The van der Waals surface area contributed by atoms with Gasteiger partial charge in [-0.15, -0.1) is 0 Å². The Labute approximate surface area is 112 Å². The molecule has 1 unspecified atom stereocenters. The first kappa shape index (κ1) is 13.8. The Bertz CT molecular complexity index is 436. The number of ether oxygens (including phenoxy) is 1. The maximum atomic E-state index is 13.0. The number of benzene rings is 1. The zero-order valence-electron chi connectivity index (χ0n) is 11.3. The molecule has 2 rings (SSSR count). The third kappa shape index (κ3) is 3.23. The molecule has 1 heterocycles. The van der Waals surface area contributed by atoms with Crippen LogP contribution >= 0.6 is 0 Å². The first-order valence-electron chi connectivity index (χ1n) is 6.49. The summed E-state index contributed by atoms with van der Waals surface area (Å²) >= 11 is 0. The van der Waals surface area contributed by atoms with Gasteiger partial charge in [0.15, 0.2) is 0 Å². The molecular weight excluding hydrogens is 247 g/mol. The van der Waals surface area contributed by atoms with Gasteiger partial charge in [-0.1, -0.05) is 12.1 Å². The van der Waals surface area contributed by atoms with E-state index in [1.807, 2.05) is 7.05 Å². The Morgan fingerprint density at radius 2 is 2.05 bits per heavy atom. The fourth-order valence-electron chi connectivity index (χ4n) is 2.30. The van der Waals surface area contributed by atoms with Crippen molar-refractivity contribution >= 4 is 6.09 Å². The highest BCUT2D eigenvalue weighted by Gasteiger charge is 2.28. The molecule has 0 spiro atoms. The van der Waals surface area contributed by atoms with Crippen LogP contribution in [0.3, 0.4) is 0 Å². The van der Waals surface area contributed by atoms with Crippen molar-refractivity contribution in [3.8, 4) is 0 Å². The molecule has 1 aromatic carbocycles. The first-order chi connectivity index (χ1) is 9.11. The molecule has 1 amide bonds. The van der Waals surface area contributed by atoms with Crippen LogP contribution in [0, 0.1) is 5.82 Å². The van der Waals surface area contributed by atoms with Gasteiger partial charge in [0.2, 0.25) is 0 Å². The average Bonchev–Trinajstić information content (AvgIpc) is 2.41. The molecular formula is C14H19FN2O2. The predicted octanol–water partition coefficient (Wildman–Crippen LogP) is 2.27. The van der Waals surface area contributed by atoms with E-state index in [-0.39, 0.29) is 18.0 Å². The molecule has 104 valence electrons. The van der Waals surface area contributed by atoms with Gasteiger partial charge < -0.3 is 9.64 Å². The molecule has 0 aliphatic carbocycles. The van der Waals surface area contributed by atoms with Crippen molar-refractivity contribution in [2.45, 2.75) is 13.0 Å². The summed E-state index contributed by atoms with van der Waals surface area (Å²) in [5.74, 6) is -0.246. The number of carbonyl (C=O) groups excluding carboxylic acids is 1. The smallest absolute Gasteiger partial charge is 0.409 e. The Kier molecular flexibility index (Phi) is 4.37. The molecule has 1 fully saturated rings. The summed E-state index contributed by atoms with van der Waals surface area (Å²) in [6.07, 6.45) is -0.275. The first-order valence-corrected chi connectivity index (χ1v) is 6.49. The van der Waals surface area contributed by atoms with Gasteiger partial charge in [-0.25, -0.2) is 9.18 Å². The summed E-state index contributed by atoms with van der Waals surface area (Å²) in [5.41, 5.74) is 1.01. The largest absolute Gasteiger partial charge is 0.450 e. The van der Waals surface area contributed by atoms with Gasteiger partial charge in [0.05, 0.1) is 12.6 Å². The Morgan fingerprint density at radius 1 is 1.37 bits per heavy atom. The predicted molar refractivity (Wildman–Crippen MR) is 70.4 cm³/mol. The van der Waals surface area contributed by atoms with Crippen LogP contribution in [0.2, 0.25) is 0 Å². The van der Waals surface area contributed by atoms with Gasteiger partial charge in [0.1, 0.15) is 5.82 Å². The maximum absolute atomic E-state index is 13.0. The highest BCUT2D eigenvalue weighted by molar-refractivity contribution is 5.67. The lowest BCUT2D eigenvalue weighted by atomic mass is 10.0. The number of piperazine rings is 1. The van der Waals surface area contributed by atoms with Crippen molar-refractivity contribution in [3.63, 3.8) is 0 Å². The fourth-order valence-corrected chi connectivity index (χ4v) is 2.30. The molecule has 0 saturated carbocycles. The third-order valence-electron chi connectivity index (χ3n) is 3.43. The van der Waals surface area contributed by atoms with E-state index in [9.17, 15) is 9.18 Å². The quantitative estimate of drug-likeness (QED) is 0.823. The molecule has 0 aromatic heterocycles. The maximum Gasteiger partial charge on any atom is 0.409 e. The summed E-state index contributed by atoms with van der Waals surface area (Å²) in [7, 11) is 2.01. The van der Waals surface area contributed by atoms with Crippen molar-refractivity contribution < 1.29 is 13.9 Å². The van der Waals surface area contributed by atoms with Crippen LogP contribution in [-0.2, 0) is 4.74 Å². The van der Waals surface area contributed by atoms with Crippen LogP contribution in [0.25, 0.3) is 0 Å². The molecule has 4 nitrogen and oxygen atoms in total. The number of amides is 1. The Morgan fingerprint density at radius 3 is 2.68 bits per heavy atom. The molecule has 1 aliphatic rings.